The lowest BCUT2D eigenvalue weighted by atomic mass is 10.2. The summed E-state index contributed by atoms with van der Waals surface area (Å²) in [7, 11) is 0. The first-order chi connectivity index (χ1) is 10.2. The van der Waals surface area contributed by atoms with E-state index in [4.69, 9.17) is 0 Å². The molecule has 1 N–H and O–H groups in total. The van der Waals surface area contributed by atoms with Crippen molar-refractivity contribution < 1.29 is 22.8 Å². The normalized spacial score (nSPS) is 11.3. The highest BCUT2D eigenvalue weighted by Gasteiger charge is 2.29. The van der Waals surface area contributed by atoms with Gasteiger partial charge in [-0.15, -0.1) is 11.3 Å². The number of carbonyl (C=O) groups excluding carboxylic acids is 2. The Morgan fingerprint density at radius 3 is 2.36 bits per heavy atom. The third kappa shape index (κ3) is 4.57. The Balaban J connectivity index is 2.04. The highest BCUT2D eigenvalue weighted by atomic mass is 32.2. The van der Waals surface area contributed by atoms with Crippen molar-refractivity contribution in [1.29, 1.82) is 0 Å². The van der Waals surface area contributed by atoms with Crippen molar-refractivity contribution in [3.05, 3.63) is 40.9 Å². The summed E-state index contributed by atoms with van der Waals surface area (Å²) in [6, 6.07) is 5.03. The molecule has 2 aromatic rings. The Bertz CT molecular complexity index is 696. The van der Waals surface area contributed by atoms with Crippen LogP contribution in [-0.2, 0) is 0 Å². The van der Waals surface area contributed by atoms with Gasteiger partial charge in [-0.2, -0.15) is 13.2 Å². The smallest absolute Gasteiger partial charge is 0.298 e. The number of aromatic nitrogens is 1. The number of anilines is 1. The Morgan fingerprint density at radius 2 is 1.86 bits per heavy atom. The fraction of sp³-hybridized carbons (Fsp3) is 0.154. The highest BCUT2D eigenvalue weighted by Crippen LogP contribution is 2.36. The van der Waals surface area contributed by atoms with E-state index >= 15 is 0 Å². The Hall–Kier alpha value is -1.87. The standard InChI is InChI=1S/C13H9F3N2O2S2/c1-7(19)10-6-21-12(17-10)18-11(20)8-2-4-9(5-3-8)22-13(14,15)16/h2-6H,1H3,(H,17,18,20). The summed E-state index contributed by atoms with van der Waals surface area (Å²) < 4.78 is 36.6. The monoisotopic (exact) mass is 346 g/mol. The number of ketones is 1. The van der Waals surface area contributed by atoms with Gasteiger partial charge in [-0.25, -0.2) is 4.98 Å². The van der Waals surface area contributed by atoms with Crippen molar-refractivity contribution in [2.24, 2.45) is 0 Å². The highest BCUT2D eigenvalue weighted by molar-refractivity contribution is 8.00. The van der Waals surface area contributed by atoms with Gasteiger partial charge in [0, 0.05) is 22.8 Å². The molecule has 0 aliphatic rings. The molecule has 1 heterocycles. The number of nitrogens with zero attached hydrogens (tertiary/aromatic N) is 1. The number of alkyl halides is 3. The van der Waals surface area contributed by atoms with Crippen LogP contribution >= 0.6 is 23.1 Å². The molecule has 0 aliphatic heterocycles. The molecule has 116 valence electrons. The number of hydrogen-bond acceptors (Lipinski definition) is 5. The molecule has 1 aromatic heterocycles. The van der Waals surface area contributed by atoms with Crippen molar-refractivity contribution >= 4 is 39.9 Å². The quantitative estimate of drug-likeness (QED) is 0.665. The summed E-state index contributed by atoms with van der Waals surface area (Å²) in [5.41, 5.74) is -3.92. The molecule has 4 nitrogen and oxygen atoms in total. The molecule has 22 heavy (non-hydrogen) atoms. The Kier molecular flexibility index (Phi) is 4.87. The van der Waals surface area contributed by atoms with Crippen LogP contribution < -0.4 is 5.32 Å². The first kappa shape index (κ1) is 16.5. The number of Topliss-reactive ketones (excluding diaryl/α,β-unsaturated/α-hetero) is 1. The van der Waals surface area contributed by atoms with Crippen LogP contribution in [0.25, 0.3) is 0 Å². The van der Waals surface area contributed by atoms with Gasteiger partial charge in [-0.3, -0.25) is 14.9 Å². The van der Waals surface area contributed by atoms with Gasteiger partial charge in [0.2, 0.25) is 0 Å². The van der Waals surface area contributed by atoms with Crippen LogP contribution in [0.3, 0.4) is 0 Å². The summed E-state index contributed by atoms with van der Waals surface area (Å²) in [4.78, 5) is 27.0. The number of thioether (sulfide) groups is 1. The average molecular weight is 346 g/mol. The van der Waals surface area contributed by atoms with Crippen LogP contribution in [-0.4, -0.2) is 22.2 Å². The van der Waals surface area contributed by atoms with Gasteiger partial charge in [0.25, 0.3) is 5.91 Å². The maximum absolute atomic E-state index is 12.2. The zero-order valence-electron chi connectivity index (χ0n) is 11.1. The summed E-state index contributed by atoms with van der Waals surface area (Å²) in [5, 5.41) is 4.26. The minimum absolute atomic E-state index is 0.00263. The van der Waals surface area contributed by atoms with Gasteiger partial charge in [0.05, 0.1) is 0 Å². The molecule has 0 saturated carbocycles. The molecule has 0 bridgehead atoms. The van der Waals surface area contributed by atoms with Crippen molar-refractivity contribution in [2.45, 2.75) is 17.3 Å². The van der Waals surface area contributed by atoms with Crippen LogP contribution in [0.1, 0.15) is 27.8 Å². The van der Waals surface area contributed by atoms with Crippen LogP contribution in [0.4, 0.5) is 18.3 Å². The van der Waals surface area contributed by atoms with E-state index in [1.165, 1.54) is 36.6 Å². The van der Waals surface area contributed by atoms with Crippen LogP contribution in [0.5, 0.6) is 0 Å². The Morgan fingerprint density at radius 1 is 1.23 bits per heavy atom. The second-order valence-corrected chi connectivity index (χ2v) is 6.12. The van der Waals surface area contributed by atoms with E-state index in [1.807, 2.05) is 0 Å². The molecule has 0 aliphatic carbocycles. The lowest BCUT2D eigenvalue weighted by molar-refractivity contribution is -0.0328. The van der Waals surface area contributed by atoms with E-state index in [0.29, 0.717) is 0 Å². The topological polar surface area (TPSA) is 59.1 Å². The van der Waals surface area contributed by atoms with E-state index in [-0.39, 0.29) is 38.8 Å². The number of rotatable bonds is 4. The maximum atomic E-state index is 12.2. The average Bonchev–Trinajstić information content (AvgIpc) is 2.86. The molecule has 1 aromatic carbocycles. The summed E-state index contributed by atoms with van der Waals surface area (Å²) in [6.45, 7) is 1.36. The number of nitrogens with one attached hydrogen (secondary N) is 1. The molecule has 2 rings (SSSR count). The lowest BCUT2D eigenvalue weighted by Gasteiger charge is -2.06. The summed E-state index contributed by atoms with van der Waals surface area (Å²) in [5.74, 6) is -0.724. The van der Waals surface area contributed by atoms with Gasteiger partial charge in [-0.05, 0) is 36.0 Å². The number of thiazole rings is 1. The minimum Gasteiger partial charge on any atom is -0.298 e. The van der Waals surface area contributed by atoms with Gasteiger partial charge >= 0.3 is 5.51 Å². The molecule has 0 atom stereocenters. The van der Waals surface area contributed by atoms with Gasteiger partial charge < -0.3 is 0 Å². The molecule has 9 heteroatoms. The number of hydrogen-bond donors (Lipinski definition) is 1. The van der Waals surface area contributed by atoms with Gasteiger partial charge in [-0.1, -0.05) is 0 Å². The van der Waals surface area contributed by atoms with Crippen molar-refractivity contribution in [3.63, 3.8) is 0 Å². The molecule has 1 amide bonds. The number of amides is 1. The largest absolute Gasteiger partial charge is 0.446 e. The molecule has 0 fully saturated rings. The van der Waals surface area contributed by atoms with E-state index in [9.17, 15) is 22.8 Å². The third-order valence-electron chi connectivity index (χ3n) is 2.44. The summed E-state index contributed by atoms with van der Waals surface area (Å²) in [6.07, 6.45) is 0. The molecule has 0 spiro atoms. The third-order valence-corrected chi connectivity index (χ3v) is 3.93. The molecular weight excluding hydrogens is 337 g/mol. The van der Waals surface area contributed by atoms with Gasteiger partial charge in [0.1, 0.15) is 5.69 Å². The first-order valence-electron chi connectivity index (χ1n) is 5.88. The molecule has 0 radical (unpaired) electrons. The number of carbonyl (C=O) groups is 2. The number of halogens is 3. The zero-order valence-corrected chi connectivity index (χ0v) is 12.7. The second kappa shape index (κ2) is 6.49. The van der Waals surface area contributed by atoms with E-state index in [2.05, 4.69) is 10.3 Å². The maximum Gasteiger partial charge on any atom is 0.446 e. The SMILES string of the molecule is CC(=O)c1csc(NC(=O)c2ccc(SC(F)(F)F)cc2)n1. The first-order valence-corrected chi connectivity index (χ1v) is 7.58. The zero-order chi connectivity index (χ0) is 16.3. The molecule has 0 unspecified atom stereocenters. The lowest BCUT2D eigenvalue weighted by Crippen LogP contribution is -2.11. The predicted molar refractivity (Wildman–Crippen MR) is 78.4 cm³/mol. The van der Waals surface area contributed by atoms with Crippen LogP contribution in [0, 0.1) is 0 Å². The van der Waals surface area contributed by atoms with Crippen molar-refractivity contribution in [1.82, 2.24) is 4.98 Å². The minimum atomic E-state index is -4.37. The number of benzene rings is 1. The Labute approximate surface area is 131 Å². The van der Waals surface area contributed by atoms with Crippen molar-refractivity contribution in [3.8, 4) is 0 Å². The fourth-order valence-electron chi connectivity index (χ4n) is 1.47. The van der Waals surface area contributed by atoms with Crippen LogP contribution in [0.15, 0.2) is 34.5 Å². The van der Waals surface area contributed by atoms with Gasteiger partial charge in [0.15, 0.2) is 10.9 Å². The fourth-order valence-corrected chi connectivity index (χ4v) is 2.75. The van der Waals surface area contributed by atoms with Crippen LogP contribution in [0.2, 0.25) is 0 Å². The van der Waals surface area contributed by atoms with E-state index in [1.54, 1.807) is 0 Å². The predicted octanol–water partition coefficient (Wildman–Crippen LogP) is 4.21. The summed E-state index contributed by atoms with van der Waals surface area (Å²) >= 11 is 0.847. The molecular formula is C13H9F3N2O2S2. The van der Waals surface area contributed by atoms with Crippen molar-refractivity contribution in [2.75, 3.05) is 5.32 Å². The van der Waals surface area contributed by atoms with E-state index < -0.39 is 11.4 Å². The second-order valence-electron chi connectivity index (χ2n) is 4.12. The van der Waals surface area contributed by atoms with E-state index in [0.717, 1.165) is 11.3 Å². The molecule has 0 saturated heterocycles.